The molecule has 1 aromatic carbocycles. The summed E-state index contributed by atoms with van der Waals surface area (Å²) in [5, 5.41) is 22.7. The van der Waals surface area contributed by atoms with Gasteiger partial charge in [-0.1, -0.05) is 11.3 Å². The molecule has 0 fully saturated rings. The SMILES string of the molecule is CCn1nnc2c(C)c(C(c3cc(CO)n(C)n3)C(C)(C)C(=O)OC)ccc21. The highest BCUT2D eigenvalue weighted by atomic mass is 16.5. The number of aromatic nitrogens is 5. The van der Waals surface area contributed by atoms with Gasteiger partial charge in [0.1, 0.15) is 5.52 Å². The normalized spacial score (nSPS) is 13.1. The van der Waals surface area contributed by atoms with Crippen LogP contribution in [0.3, 0.4) is 0 Å². The lowest BCUT2D eigenvalue weighted by atomic mass is 9.71. The molecule has 0 amide bonds. The number of methoxy groups -OCH3 is 1. The first-order valence-electron chi connectivity index (χ1n) is 9.31. The minimum absolute atomic E-state index is 0.127. The number of fused-ring (bicyclic) bond motifs is 1. The van der Waals surface area contributed by atoms with Gasteiger partial charge in [0.15, 0.2) is 0 Å². The molecule has 1 atom stereocenters. The Labute approximate surface area is 164 Å². The van der Waals surface area contributed by atoms with Gasteiger partial charge in [-0.25, -0.2) is 4.68 Å². The second-order valence-corrected chi connectivity index (χ2v) is 7.54. The molecule has 150 valence electrons. The van der Waals surface area contributed by atoms with Crippen molar-refractivity contribution in [2.24, 2.45) is 12.5 Å². The van der Waals surface area contributed by atoms with Crippen molar-refractivity contribution in [2.75, 3.05) is 7.11 Å². The van der Waals surface area contributed by atoms with Gasteiger partial charge in [-0.05, 0) is 51.0 Å². The van der Waals surface area contributed by atoms with Crippen molar-refractivity contribution >= 4 is 17.0 Å². The summed E-state index contributed by atoms with van der Waals surface area (Å²) < 4.78 is 8.58. The molecule has 0 spiro atoms. The van der Waals surface area contributed by atoms with E-state index in [1.807, 2.05) is 50.6 Å². The number of nitrogens with zero attached hydrogens (tertiary/aromatic N) is 5. The summed E-state index contributed by atoms with van der Waals surface area (Å²) in [5.41, 5.74) is 4.15. The Hall–Kier alpha value is -2.74. The number of ether oxygens (including phenoxy) is 1. The molecule has 3 rings (SSSR count). The molecule has 0 aliphatic heterocycles. The summed E-state index contributed by atoms with van der Waals surface area (Å²) in [5.74, 6) is -0.701. The Morgan fingerprint density at radius 2 is 2.07 bits per heavy atom. The van der Waals surface area contributed by atoms with Gasteiger partial charge >= 0.3 is 5.97 Å². The van der Waals surface area contributed by atoms with Crippen LogP contribution in [0.2, 0.25) is 0 Å². The van der Waals surface area contributed by atoms with Crippen molar-refractivity contribution < 1.29 is 14.6 Å². The lowest BCUT2D eigenvalue weighted by molar-refractivity contribution is -0.151. The van der Waals surface area contributed by atoms with Gasteiger partial charge in [0, 0.05) is 19.5 Å². The van der Waals surface area contributed by atoms with Crippen molar-refractivity contribution in [1.82, 2.24) is 24.8 Å². The fourth-order valence-corrected chi connectivity index (χ4v) is 3.85. The Morgan fingerprint density at radius 3 is 2.64 bits per heavy atom. The summed E-state index contributed by atoms with van der Waals surface area (Å²) in [4.78, 5) is 12.7. The highest BCUT2D eigenvalue weighted by Crippen LogP contribution is 2.43. The molecule has 28 heavy (non-hydrogen) atoms. The predicted molar refractivity (Wildman–Crippen MR) is 105 cm³/mol. The van der Waals surface area contributed by atoms with Gasteiger partial charge in [0.25, 0.3) is 0 Å². The number of aryl methyl sites for hydroxylation is 3. The fourth-order valence-electron chi connectivity index (χ4n) is 3.85. The number of carbonyl (C=O) groups excluding carboxylic acids is 1. The highest BCUT2D eigenvalue weighted by molar-refractivity contribution is 5.82. The highest BCUT2D eigenvalue weighted by Gasteiger charge is 2.42. The van der Waals surface area contributed by atoms with E-state index in [1.54, 1.807) is 11.7 Å². The largest absolute Gasteiger partial charge is 0.469 e. The van der Waals surface area contributed by atoms with Gasteiger partial charge in [0.2, 0.25) is 0 Å². The predicted octanol–water partition coefficient (Wildman–Crippen LogP) is 2.32. The maximum Gasteiger partial charge on any atom is 0.312 e. The van der Waals surface area contributed by atoms with Crippen LogP contribution in [0.1, 0.15) is 49.2 Å². The number of benzene rings is 1. The number of hydrogen-bond acceptors (Lipinski definition) is 6. The number of rotatable bonds is 6. The van der Waals surface area contributed by atoms with Gasteiger partial charge in [-0.3, -0.25) is 9.48 Å². The number of hydrogen-bond donors (Lipinski definition) is 1. The average molecular weight is 385 g/mol. The molecule has 0 bridgehead atoms. The van der Waals surface area contributed by atoms with E-state index in [0.717, 1.165) is 28.7 Å². The van der Waals surface area contributed by atoms with E-state index in [9.17, 15) is 9.90 Å². The zero-order valence-corrected chi connectivity index (χ0v) is 17.2. The summed E-state index contributed by atoms with van der Waals surface area (Å²) in [7, 11) is 3.17. The second-order valence-electron chi connectivity index (χ2n) is 7.54. The molecular weight excluding hydrogens is 358 g/mol. The van der Waals surface area contributed by atoms with Gasteiger partial charge in [0.05, 0.1) is 36.0 Å². The van der Waals surface area contributed by atoms with E-state index in [2.05, 4.69) is 15.4 Å². The molecule has 0 saturated carbocycles. The van der Waals surface area contributed by atoms with E-state index >= 15 is 0 Å². The van der Waals surface area contributed by atoms with Crippen LogP contribution in [0.25, 0.3) is 11.0 Å². The van der Waals surface area contributed by atoms with E-state index in [0.29, 0.717) is 11.4 Å². The number of carbonyl (C=O) groups is 1. The van der Waals surface area contributed by atoms with E-state index in [1.165, 1.54) is 7.11 Å². The third-order valence-electron chi connectivity index (χ3n) is 5.48. The third kappa shape index (κ3) is 3.07. The average Bonchev–Trinajstić information content (AvgIpc) is 3.26. The lowest BCUT2D eigenvalue weighted by Gasteiger charge is -2.32. The first kappa shape index (κ1) is 20.0. The Kier molecular flexibility index (Phi) is 5.25. The van der Waals surface area contributed by atoms with Gasteiger partial charge < -0.3 is 9.84 Å². The van der Waals surface area contributed by atoms with E-state index in [4.69, 9.17) is 4.74 Å². The van der Waals surface area contributed by atoms with Crippen LogP contribution < -0.4 is 0 Å². The van der Waals surface area contributed by atoms with Crippen molar-refractivity contribution in [3.8, 4) is 0 Å². The fraction of sp³-hybridized carbons (Fsp3) is 0.500. The first-order valence-corrected chi connectivity index (χ1v) is 9.31. The second kappa shape index (κ2) is 7.35. The van der Waals surface area contributed by atoms with Crippen LogP contribution in [0.15, 0.2) is 18.2 Å². The topological polar surface area (TPSA) is 95.1 Å². The molecule has 1 N–H and O–H groups in total. The van der Waals surface area contributed by atoms with Crippen LogP contribution in [-0.2, 0) is 29.7 Å². The van der Waals surface area contributed by atoms with Crippen LogP contribution >= 0.6 is 0 Å². The molecule has 0 aliphatic rings. The summed E-state index contributed by atoms with van der Waals surface area (Å²) in [6.07, 6.45) is 0. The van der Waals surface area contributed by atoms with Crippen LogP contribution in [-0.4, -0.2) is 43.0 Å². The summed E-state index contributed by atoms with van der Waals surface area (Å²) >= 11 is 0. The molecule has 1 unspecified atom stereocenters. The lowest BCUT2D eigenvalue weighted by Crippen LogP contribution is -2.34. The molecule has 8 heteroatoms. The summed E-state index contributed by atoms with van der Waals surface area (Å²) in [6, 6.07) is 5.83. The Bertz CT molecular complexity index is 1020. The molecule has 2 aromatic heterocycles. The van der Waals surface area contributed by atoms with E-state index in [-0.39, 0.29) is 18.5 Å². The van der Waals surface area contributed by atoms with Crippen LogP contribution in [0, 0.1) is 12.3 Å². The zero-order chi connectivity index (χ0) is 20.6. The monoisotopic (exact) mass is 385 g/mol. The standard InChI is InChI=1S/C20H27N5O3/c1-7-25-16-9-8-14(12(2)18(16)21-23-25)17(20(3,4)19(27)28-6)15-10-13(11-26)24(5)22-15/h8-10,17,26H,7,11H2,1-6H3. The smallest absolute Gasteiger partial charge is 0.312 e. The molecule has 0 saturated heterocycles. The number of aliphatic hydroxyl groups excluding tert-OH is 1. The van der Waals surface area contributed by atoms with Crippen LogP contribution in [0.4, 0.5) is 0 Å². The van der Waals surface area contributed by atoms with Gasteiger partial charge in [-0.15, -0.1) is 5.10 Å². The Morgan fingerprint density at radius 1 is 1.36 bits per heavy atom. The molecule has 8 nitrogen and oxygen atoms in total. The van der Waals surface area contributed by atoms with Crippen molar-refractivity contribution in [3.05, 3.63) is 40.7 Å². The third-order valence-corrected chi connectivity index (χ3v) is 5.48. The maximum atomic E-state index is 12.7. The van der Waals surface area contributed by atoms with E-state index < -0.39 is 5.41 Å². The first-order chi connectivity index (χ1) is 13.3. The molecule has 3 aromatic rings. The molecule has 2 heterocycles. The molecule has 0 aliphatic carbocycles. The van der Waals surface area contributed by atoms with Crippen molar-refractivity contribution in [1.29, 1.82) is 0 Å². The minimum atomic E-state index is -0.880. The quantitative estimate of drug-likeness (QED) is 0.654. The summed E-state index contributed by atoms with van der Waals surface area (Å²) in [6.45, 7) is 8.31. The molecular formula is C20H27N5O3. The zero-order valence-electron chi connectivity index (χ0n) is 17.2. The number of aliphatic hydroxyl groups is 1. The molecule has 0 radical (unpaired) electrons. The van der Waals surface area contributed by atoms with Crippen molar-refractivity contribution in [3.63, 3.8) is 0 Å². The van der Waals surface area contributed by atoms with Crippen LogP contribution in [0.5, 0.6) is 0 Å². The van der Waals surface area contributed by atoms with Gasteiger partial charge in [-0.2, -0.15) is 5.10 Å². The van der Waals surface area contributed by atoms with Crippen molar-refractivity contribution in [2.45, 2.75) is 46.8 Å². The Balaban J connectivity index is 2.26. The minimum Gasteiger partial charge on any atom is -0.469 e. The number of esters is 1. The maximum absolute atomic E-state index is 12.7.